The van der Waals surface area contributed by atoms with Gasteiger partial charge >= 0.3 is 0 Å². The lowest BCUT2D eigenvalue weighted by Gasteiger charge is -2.31. The highest BCUT2D eigenvalue weighted by atomic mass is 15.3. The van der Waals surface area contributed by atoms with Gasteiger partial charge in [0.25, 0.3) is 0 Å². The van der Waals surface area contributed by atoms with E-state index in [1.165, 1.54) is 64.8 Å². The minimum Gasteiger partial charge on any atom is -0.314 e. The zero-order valence-electron chi connectivity index (χ0n) is 12.8. The van der Waals surface area contributed by atoms with Crippen LogP contribution in [0.15, 0.2) is 0 Å². The summed E-state index contributed by atoms with van der Waals surface area (Å²) >= 11 is 0. The molecular formula is C16H31N3. The van der Waals surface area contributed by atoms with Gasteiger partial charge in [0, 0.05) is 31.2 Å². The first-order chi connectivity index (χ1) is 9.24. The van der Waals surface area contributed by atoms with Gasteiger partial charge in [0.05, 0.1) is 0 Å². The van der Waals surface area contributed by atoms with Crippen LogP contribution in [0.2, 0.25) is 0 Å². The molecule has 3 atom stereocenters. The van der Waals surface area contributed by atoms with E-state index in [0.717, 1.165) is 24.0 Å². The predicted octanol–water partition coefficient (Wildman–Crippen LogP) is 1.93. The van der Waals surface area contributed by atoms with Crippen LogP contribution < -0.4 is 5.32 Å². The Morgan fingerprint density at radius 2 is 1.79 bits per heavy atom. The maximum Gasteiger partial charge on any atom is 0.0235 e. The Morgan fingerprint density at radius 1 is 1.05 bits per heavy atom. The first-order valence-corrected chi connectivity index (χ1v) is 8.45. The summed E-state index contributed by atoms with van der Waals surface area (Å²) in [5.41, 5.74) is 0. The highest BCUT2D eigenvalue weighted by Crippen LogP contribution is 2.24. The number of nitrogens with zero attached hydrogens (tertiary/aromatic N) is 2. The van der Waals surface area contributed by atoms with E-state index in [2.05, 4.69) is 29.0 Å². The van der Waals surface area contributed by atoms with E-state index in [9.17, 15) is 0 Å². The lowest BCUT2D eigenvalue weighted by atomic mass is 10.0. The Morgan fingerprint density at radius 3 is 2.47 bits per heavy atom. The summed E-state index contributed by atoms with van der Waals surface area (Å²) in [7, 11) is 0. The van der Waals surface area contributed by atoms with Crippen LogP contribution in [0.5, 0.6) is 0 Å². The molecule has 1 aliphatic carbocycles. The topological polar surface area (TPSA) is 18.5 Å². The van der Waals surface area contributed by atoms with Crippen LogP contribution in [0, 0.1) is 5.92 Å². The molecule has 3 rings (SSSR count). The average Bonchev–Trinajstić information content (AvgIpc) is 2.93. The second kappa shape index (κ2) is 6.11. The summed E-state index contributed by atoms with van der Waals surface area (Å²) in [5.74, 6) is 0.776. The van der Waals surface area contributed by atoms with Crippen LogP contribution in [0.4, 0.5) is 0 Å². The summed E-state index contributed by atoms with van der Waals surface area (Å²) < 4.78 is 0. The van der Waals surface area contributed by atoms with Crippen LogP contribution in [-0.2, 0) is 0 Å². The van der Waals surface area contributed by atoms with Crippen molar-refractivity contribution in [3.8, 4) is 0 Å². The van der Waals surface area contributed by atoms with E-state index >= 15 is 0 Å². The molecule has 110 valence electrons. The van der Waals surface area contributed by atoms with Gasteiger partial charge in [-0.3, -0.25) is 9.80 Å². The molecule has 0 spiro atoms. The first kappa shape index (κ1) is 13.8. The van der Waals surface area contributed by atoms with Gasteiger partial charge < -0.3 is 5.32 Å². The van der Waals surface area contributed by atoms with Gasteiger partial charge in [-0.05, 0) is 64.6 Å². The summed E-state index contributed by atoms with van der Waals surface area (Å²) in [6, 6.07) is 2.44. The van der Waals surface area contributed by atoms with Gasteiger partial charge in [-0.1, -0.05) is 6.92 Å². The minimum atomic E-state index is 0.735. The number of rotatable bonds is 6. The van der Waals surface area contributed by atoms with Crippen molar-refractivity contribution in [2.75, 3.05) is 32.7 Å². The van der Waals surface area contributed by atoms with Crippen molar-refractivity contribution < 1.29 is 0 Å². The Balaban J connectivity index is 1.43. The van der Waals surface area contributed by atoms with Gasteiger partial charge in [-0.2, -0.15) is 0 Å². The van der Waals surface area contributed by atoms with Gasteiger partial charge in [-0.25, -0.2) is 0 Å². The third-order valence-electron chi connectivity index (χ3n) is 5.56. The third kappa shape index (κ3) is 3.50. The second-order valence-corrected chi connectivity index (χ2v) is 7.08. The maximum absolute atomic E-state index is 3.69. The van der Waals surface area contributed by atoms with Crippen molar-refractivity contribution in [2.24, 2.45) is 5.92 Å². The fraction of sp³-hybridized carbons (Fsp3) is 1.00. The Kier molecular flexibility index (Phi) is 4.45. The van der Waals surface area contributed by atoms with Crippen molar-refractivity contribution in [3.05, 3.63) is 0 Å². The van der Waals surface area contributed by atoms with E-state index in [1.54, 1.807) is 0 Å². The lowest BCUT2D eigenvalue weighted by molar-refractivity contribution is 0.171. The molecule has 0 aromatic carbocycles. The van der Waals surface area contributed by atoms with Crippen LogP contribution in [0.25, 0.3) is 0 Å². The summed E-state index contributed by atoms with van der Waals surface area (Å²) in [5, 5.41) is 3.69. The summed E-state index contributed by atoms with van der Waals surface area (Å²) in [6.45, 7) is 11.4. The molecular weight excluding hydrogens is 234 g/mol. The molecule has 0 aromatic heterocycles. The summed E-state index contributed by atoms with van der Waals surface area (Å²) in [4.78, 5) is 5.47. The number of hydrogen-bond acceptors (Lipinski definition) is 3. The smallest absolute Gasteiger partial charge is 0.0235 e. The number of nitrogens with one attached hydrogen (secondary N) is 1. The van der Waals surface area contributed by atoms with E-state index in [1.807, 2.05) is 0 Å². The molecule has 2 aliphatic heterocycles. The molecule has 2 heterocycles. The highest BCUT2D eigenvalue weighted by Gasteiger charge is 2.33. The number of hydrogen-bond donors (Lipinski definition) is 1. The van der Waals surface area contributed by atoms with Crippen LogP contribution in [0.1, 0.15) is 46.0 Å². The molecule has 0 bridgehead atoms. The second-order valence-electron chi connectivity index (χ2n) is 7.08. The molecule has 1 saturated carbocycles. The minimum absolute atomic E-state index is 0.735. The number of likely N-dealkylation sites (tertiary alicyclic amines) is 2. The van der Waals surface area contributed by atoms with Gasteiger partial charge in [0.15, 0.2) is 0 Å². The SMILES string of the molecule is CC(CNC1CC1)C(C)N1CCC(N2CCCC2)C1. The van der Waals surface area contributed by atoms with Crippen LogP contribution in [0.3, 0.4) is 0 Å². The first-order valence-electron chi connectivity index (χ1n) is 8.45. The lowest BCUT2D eigenvalue weighted by Crippen LogP contribution is -2.42. The molecule has 3 heteroatoms. The third-order valence-corrected chi connectivity index (χ3v) is 5.56. The zero-order chi connectivity index (χ0) is 13.2. The van der Waals surface area contributed by atoms with E-state index in [-0.39, 0.29) is 0 Å². The normalized spacial score (nSPS) is 32.8. The quantitative estimate of drug-likeness (QED) is 0.792. The van der Waals surface area contributed by atoms with Crippen molar-refractivity contribution in [3.63, 3.8) is 0 Å². The molecule has 0 amide bonds. The molecule has 0 aromatic rings. The largest absolute Gasteiger partial charge is 0.314 e. The van der Waals surface area contributed by atoms with Crippen LogP contribution in [-0.4, -0.2) is 60.6 Å². The van der Waals surface area contributed by atoms with Gasteiger partial charge in [0.1, 0.15) is 0 Å². The Bertz CT molecular complexity index is 284. The molecule has 3 fully saturated rings. The van der Waals surface area contributed by atoms with Crippen LogP contribution >= 0.6 is 0 Å². The Labute approximate surface area is 118 Å². The van der Waals surface area contributed by atoms with Gasteiger partial charge in [0.2, 0.25) is 0 Å². The molecule has 2 saturated heterocycles. The van der Waals surface area contributed by atoms with Gasteiger partial charge in [-0.15, -0.1) is 0 Å². The highest BCUT2D eigenvalue weighted by molar-refractivity contribution is 4.90. The van der Waals surface area contributed by atoms with Crippen molar-refractivity contribution in [2.45, 2.75) is 64.1 Å². The van der Waals surface area contributed by atoms with E-state index in [4.69, 9.17) is 0 Å². The fourth-order valence-electron chi connectivity index (χ4n) is 3.71. The van der Waals surface area contributed by atoms with Crippen molar-refractivity contribution in [1.29, 1.82) is 0 Å². The fourth-order valence-corrected chi connectivity index (χ4v) is 3.71. The van der Waals surface area contributed by atoms with E-state index < -0.39 is 0 Å². The molecule has 3 unspecified atom stereocenters. The van der Waals surface area contributed by atoms with Crippen molar-refractivity contribution >= 4 is 0 Å². The standard InChI is InChI=1S/C16H31N3/c1-13(11-17-15-5-6-15)14(2)19-10-7-16(12-19)18-8-3-4-9-18/h13-17H,3-12H2,1-2H3. The Hall–Kier alpha value is -0.120. The maximum atomic E-state index is 3.69. The molecule has 0 radical (unpaired) electrons. The molecule has 3 nitrogen and oxygen atoms in total. The zero-order valence-corrected chi connectivity index (χ0v) is 12.8. The molecule has 19 heavy (non-hydrogen) atoms. The van der Waals surface area contributed by atoms with Crippen molar-refractivity contribution in [1.82, 2.24) is 15.1 Å². The summed E-state index contributed by atoms with van der Waals surface area (Å²) in [6.07, 6.45) is 7.05. The van der Waals surface area contributed by atoms with E-state index in [0.29, 0.717) is 0 Å². The predicted molar refractivity (Wildman–Crippen MR) is 80.4 cm³/mol. The monoisotopic (exact) mass is 265 g/mol. The molecule has 3 aliphatic rings. The average molecular weight is 265 g/mol. The molecule has 1 N–H and O–H groups in total.